The summed E-state index contributed by atoms with van der Waals surface area (Å²) in [6.45, 7) is 3.79. The molecule has 0 aliphatic carbocycles. The van der Waals surface area contributed by atoms with Gasteiger partial charge in [0.2, 0.25) is 0 Å². The van der Waals surface area contributed by atoms with Gasteiger partial charge in [0.15, 0.2) is 5.78 Å². The van der Waals surface area contributed by atoms with E-state index < -0.39 is 0 Å². The number of hydrogen-bond acceptors (Lipinski definition) is 4. The number of carbonyl (C=O) groups is 1. The molecule has 2 atom stereocenters. The first-order valence-electron chi connectivity index (χ1n) is 5.32. The molecule has 0 spiro atoms. The van der Waals surface area contributed by atoms with Crippen LogP contribution in [-0.4, -0.2) is 44.3 Å². The maximum absolute atomic E-state index is 11.4. The lowest BCUT2D eigenvalue weighted by atomic mass is 10.1. The van der Waals surface area contributed by atoms with Crippen molar-refractivity contribution < 1.29 is 14.3 Å². The lowest BCUT2D eigenvalue weighted by Crippen LogP contribution is -2.31. The Morgan fingerprint density at radius 3 is 2.57 bits per heavy atom. The van der Waals surface area contributed by atoms with Crippen molar-refractivity contribution in [2.45, 2.75) is 31.4 Å². The molecule has 0 aromatic rings. The fourth-order valence-electron chi connectivity index (χ4n) is 1.51. The Labute approximate surface area is 84.0 Å². The Bertz CT molecular complexity index is 193. The molecule has 0 bridgehead atoms. The van der Waals surface area contributed by atoms with Crippen LogP contribution in [0.3, 0.4) is 0 Å². The van der Waals surface area contributed by atoms with Crippen molar-refractivity contribution in [3.63, 3.8) is 0 Å². The highest BCUT2D eigenvalue weighted by molar-refractivity contribution is 5.84. The molecule has 3 fully saturated rings. The maximum atomic E-state index is 11.4. The van der Waals surface area contributed by atoms with Crippen LogP contribution in [0.1, 0.15) is 19.3 Å². The molecule has 3 aliphatic heterocycles. The number of epoxide rings is 2. The van der Waals surface area contributed by atoms with Crippen LogP contribution in [0, 0.1) is 0 Å². The topological polar surface area (TPSA) is 54.2 Å². The van der Waals surface area contributed by atoms with Crippen molar-refractivity contribution in [3.8, 4) is 0 Å². The fourth-order valence-corrected chi connectivity index (χ4v) is 1.51. The Hall–Kier alpha value is -0.450. The van der Waals surface area contributed by atoms with Crippen molar-refractivity contribution in [1.82, 2.24) is 5.32 Å². The molecule has 80 valence electrons. The Morgan fingerprint density at radius 2 is 2.14 bits per heavy atom. The zero-order valence-electron chi connectivity index (χ0n) is 8.33. The summed E-state index contributed by atoms with van der Waals surface area (Å²) < 4.78 is 9.49. The van der Waals surface area contributed by atoms with Crippen LogP contribution in [0.15, 0.2) is 0 Å². The normalized spacial score (nSPS) is 33.1. The van der Waals surface area contributed by atoms with Gasteiger partial charge in [-0.1, -0.05) is 0 Å². The first-order valence-corrected chi connectivity index (χ1v) is 5.32. The standard InChI is InChI=1S/C8H13NO2.C2H4O/c10-8(4-6-5-11-6)7-2-1-3-9-7;1-2-3-1/h6-7,9H,1-5H2;1-2H2/t6?,7-;/m0./s1. The van der Waals surface area contributed by atoms with Gasteiger partial charge in [-0.15, -0.1) is 0 Å². The maximum Gasteiger partial charge on any atom is 0.152 e. The van der Waals surface area contributed by atoms with Crippen LogP contribution in [0.25, 0.3) is 0 Å². The minimum atomic E-state index is 0.138. The molecule has 0 saturated carbocycles. The number of ketones is 1. The SMILES string of the molecule is C1CO1.O=C(CC1CO1)[C@@H]1CCCN1. The van der Waals surface area contributed by atoms with Gasteiger partial charge in [0.1, 0.15) is 0 Å². The minimum Gasteiger partial charge on any atom is -0.377 e. The summed E-state index contributed by atoms with van der Waals surface area (Å²) in [6.07, 6.45) is 3.04. The van der Waals surface area contributed by atoms with Gasteiger partial charge in [0, 0.05) is 6.42 Å². The third-order valence-corrected chi connectivity index (χ3v) is 2.48. The molecular formula is C10H17NO3. The van der Waals surface area contributed by atoms with Crippen LogP contribution in [-0.2, 0) is 14.3 Å². The third kappa shape index (κ3) is 3.74. The van der Waals surface area contributed by atoms with E-state index in [2.05, 4.69) is 10.1 Å². The number of nitrogens with one attached hydrogen (secondary N) is 1. The van der Waals surface area contributed by atoms with Gasteiger partial charge in [-0.3, -0.25) is 4.79 Å². The molecule has 0 amide bonds. The summed E-state index contributed by atoms with van der Waals surface area (Å²) in [5.74, 6) is 0.338. The first-order chi connectivity index (χ1) is 6.86. The number of hydrogen-bond donors (Lipinski definition) is 1. The molecule has 1 N–H and O–H groups in total. The molecule has 1 unspecified atom stereocenters. The van der Waals surface area contributed by atoms with E-state index in [1.165, 1.54) is 0 Å². The number of ether oxygens (including phenoxy) is 2. The van der Waals surface area contributed by atoms with Gasteiger partial charge in [0.05, 0.1) is 32.0 Å². The highest BCUT2D eigenvalue weighted by Gasteiger charge is 2.30. The Kier molecular flexibility index (Phi) is 3.50. The zero-order valence-corrected chi connectivity index (χ0v) is 8.33. The summed E-state index contributed by atoms with van der Waals surface area (Å²) in [5.41, 5.74) is 0. The summed E-state index contributed by atoms with van der Waals surface area (Å²) in [6, 6.07) is 0.138. The van der Waals surface area contributed by atoms with Gasteiger partial charge < -0.3 is 14.8 Å². The molecule has 3 aliphatic rings. The van der Waals surface area contributed by atoms with E-state index >= 15 is 0 Å². The first kappa shape index (κ1) is 10.1. The summed E-state index contributed by atoms with van der Waals surface area (Å²) >= 11 is 0. The molecule has 3 heterocycles. The van der Waals surface area contributed by atoms with Gasteiger partial charge in [0.25, 0.3) is 0 Å². The number of rotatable bonds is 3. The second kappa shape index (κ2) is 4.87. The average molecular weight is 199 g/mol. The highest BCUT2D eigenvalue weighted by Crippen LogP contribution is 2.17. The van der Waals surface area contributed by atoms with Crippen LogP contribution < -0.4 is 5.32 Å². The molecule has 3 saturated heterocycles. The van der Waals surface area contributed by atoms with Gasteiger partial charge >= 0.3 is 0 Å². The summed E-state index contributed by atoms with van der Waals surface area (Å²) in [5, 5.41) is 3.18. The quantitative estimate of drug-likeness (QED) is 0.656. The lowest BCUT2D eigenvalue weighted by molar-refractivity contribution is -0.121. The van der Waals surface area contributed by atoms with E-state index in [4.69, 9.17) is 4.74 Å². The van der Waals surface area contributed by atoms with E-state index in [0.29, 0.717) is 12.2 Å². The second-order valence-corrected chi connectivity index (χ2v) is 3.89. The van der Waals surface area contributed by atoms with Crippen molar-refractivity contribution in [3.05, 3.63) is 0 Å². The number of carbonyl (C=O) groups excluding carboxylic acids is 1. The molecule has 4 heteroatoms. The van der Waals surface area contributed by atoms with Gasteiger partial charge in [-0.2, -0.15) is 0 Å². The lowest BCUT2D eigenvalue weighted by Gasteiger charge is -2.06. The molecule has 14 heavy (non-hydrogen) atoms. The van der Waals surface area contributed by atoms with Crippen LogP contribution in [0.5, 0.6) is 0 Å². The van der Waals surface area contributed by atoms with Crippen molar-refractivity contribution in [2.24, 2.45) is 0 Å². The van der Waals surface area contributed by atoms with E-state index in [9.17, 15) is 4.79 Å². The average Bonchev–Trinajstić information content (AvgIpc) is 3.09. The van der Waals surface area contributed by atoms with Crippen LogP contribution >= 0.6 is 0 Å². The molecule has 0 aromatic heterocycles. The summed E-state index contributed by atoms with van der Waals surface area (Å²) in [7, 11) is 0. The van der Waals surface area contributed by atoms with Crippen LogP contribution in [0.2, 0.25) is 0 Å². The molecule has 3 rings (SSSR count). The van der Waals surface area contributed by atoms with Crippen LogP contribution in [0.4, 0.5) is 0 Å². The van der Waals surface area contributed by atoms with Crippen molar-refractivity contribution in [2.75, 3.05) is 26.4 Å². The molecule has 4 nitrogen and oxygen atoms in total. The predicted molar refractivity (Wildman–Crippen MR) is 51.2 cm³/mol. The third-order valence-electron chi connectivity index (χ3n) is 2.48. The monoisotopic (exact) mass is 199 g/mol. The Morgan fingerprint density at radius 1 is 1.43 bits per heavy atom. The molecule has 0 radical (unpaired) electrons. The van der Waals surface area contributed by atoms with E-state index in [-0.39, 0.29) is 12.1 Å². The predicted octanol–water partition coefficient (Wildman–Crippen LogP) is 0.113. The van der Waals surface area contributed by atoms with Gasteiger partial charge in [-0.25, -0.2) is 0 Å². The highest BCUT2D eigenvalue weighted by atomic mass is 16.6. The minimum absolute atomic E-state index is 0.138. The van der Waals surface area contributed by atoms with E-state index in [0.717, 1.165) is 39.2 Å². The fraction of sp³-hybridized carbons (Fsp3) is 0.900. The van der Waals surface area contributed by atoms with Gasteiger partial charge in [-0.05, 0) is 19.4 Å². The van der Waals surface area contributed by atoms with Crippen molar-refractivity contribution >= 4 is 5.78 Å². The van der Waals surface area contributed by atoms with Crippen molar-refractivity contribution in [1.29, 1.82) is 0 Å². The smallest absolute Gasteiger partial charge is 0.152 e. The second-order valence-electron chi connectivity index (χ2n) is 3.89. The largest absolute Gasteiger partial charge is 0.377 e. The molecule has 0 aromatic carbocycles. The Balaban J connectivity index is 0.000000214. The van der Waals surface area contributed by atoms with E-state index in [1.54, 1.807) is 0 Å². The van der Waals surface area contributed by atoms with E-state index in [1.807, 2.05) is 0 Å². The summed E-state index contributed by atoms with van der Waals surface area (Å²) in [4.78, 5) is 11.4. The molecular weight excluding hydrogens is 182 g/mol. The zero-order chi connectivity index (χ0) is 9.80. The number of Topliss-reactive ketones (excluding diaryl/α,β-unsaturated/α-hetero) is 1.